The molecule has 0 spiro atoms. The summed E-state index contributed by atoms with van der Waals surface area (Å²) in [5.74, 6) is 0.218. The summed E-state index contributed by atoms with van der Waals surface area (Å²) < 4.78 is 14.8. The Morgan fingerprint density at radius 2 is 1.68 bits per heavy atom. The minimum absolute atomic E-state index is 0.276. The van der Waals surface area contributed by atoms with Crippen LogP contribution in [0.15, 0.2) is 61.2 Å². The smallest absolute Gasteiger partial charge is 0.253 e. The second-order valence-corrected chi connectivity index (χ2v) is 4.74. The lowest BCUT2D eigenvalue weighted by molar-refractivity contribution is 0.628. The number of halogens is 1. The van der Waals surface area contributed by atoms with E-state index in [0.29, 0.717) is 11.5 Å². The van der Waals surface area contributed by atoms with Crippen LogP contribution < -0.4 is 0 Å². The van der Waals surface area contributed by atoms with Gasteiger partial charge >= 0.3 is 0 Å². The summed E-state index contributed by atoms with van der Waals surface area (Å²) in [6.07, 6.45) is 4.90. The maximum absolute atomic E-state index is 13.1. The van der Waals surface area contributed by atoms with Crippen molar-refractivity contribution in [1.82, 2.24) is 24.6 Å². The van der Waals surface area contributed by atoms with E-state index in [1.54, 1.807) is 29.0 Å². The highest BCUT2D eigenvalue weighted by Gasteiger charge is 2.11. The van der Waals surface area contributed by atoms with Gasteiger partial charge in [0.25, 0.3) is 5.78 Å². The van der Waals surface area contributed by atoms with Crippen molar-refractivity contribution in [2.45, 2.75) is 0 Å². The number of hydrogen-bond donors (Lipinski definition) is 0. The molecule has 0 atom stereocenters. The van der Waals surface area contributed by atoms with Gasteiger partial charge in [-0.2, -0.15) is 14.6 Å². The van der Waals surface area contributed by atoms with Crippen LogP contribution in [-0.4, -0.2) is 24.6 Å². The number of hydrogen-bond acceptors (Lipinski definition) is 4. The Bertz CT molecular complexity index is 932. The van der Waals surface area contributed by atoms with Gasteiger partial charge in [-0.25, -0.2) is 9.37 Å². The van der Waals surface area contributed by atoms with Crippen molar-refractivity contribution < 1.29 is 4.39 Å². The van der Waals surface area contributed by atoms with Crippen molar-refractivity contribution in [2.75, 3.05) is 0 Å². The van der Waals surface area contributed by atoms with Crippen LogP contribution in [0.3, 0.4) is 0 Å². The zero-order valence-corrected chi connectivity index (χ0v) is 11.4. The van der Waals surface area contributed by atoms with Crippen LogP contribution in [0.25, 0.3) is 28.3 Å². The molecule has 22 heavy (non-hydrogen) atoms. The molecule has 6 heteroatoms. The zero-order chi connectivity index (χ0) is 14.9. The standard InChI is InChI=1S/C16H10FN5/c17-13-3-1-11(2-4-13)14-9-15(12-5-7-18-8-6-12)22-16(21-14)19-10-20-22/h1-10H. The van der Waals surface area contributed by atoms with E-state index in [-0.39, 0.29) is 5.82 Å². The second kappa shape index (κ2) is 5.00. The Morgan fingerprint density at radius 1 is 0.909 bits per heavy atom. The maximum atomic E-state index is 13.1. The number of nitrogens with zero attached hydrogens (tertiary/aromatic N) is 5. The normalized spacial score (nSPS) is 11.0. The Balaban J connectivity index is 1.96. The molecule has 4 rings (SSSR count). The summed E-state index contributed by atoms with van der Waals surface area (Å²) in [7, 11) is 0. The van der Waals surface area contributed by atoms with E-state index in [2.05, 4.69) is 20.1 Å². The van der Waals surface area contributed by atoms with Crippen LogP contribution in [0.2, 0.25) is 0 Å². The van der Waals surface area contributed by atoms with Gasteiger partial charge < -0.3 is 0 Å². The topological polar surface area (TPSA) is 56.0 Å². The molecule has 3 aromatic heterocycles. The Morgan fingerprint density at radius 3 is 2.45 bits per heavy atom. The number of aromatic nitrogens is 5. The van der Waals surface area contributed by atoms with Crippen LogP contribution in [-0.2, 0) is 0 Å². The molecular formula is C16H10FN5. The predicted molar refractivity (Wildman–Crippen MR) is 79.4 cm³/mol. The fourth-order valence-electron chi connectivity index (χ4n) is 2.31. The third-order valence-electron chi connectivity index (χ3n) is 3.37. The second-order valence-electron chi connectivity index (χ2n) is 4.74. The van der Waals surface area contributed by atoms with Crippen LogP contribution in [0.5, 0.6) is 0 Å². The van der Waals surface area contributed by atoms with Gasteiger partial charge in [0, 0.05) is 23.5 Å². The first-order chi connectivity index (χ1) is 10.8. The van der Waals surface area contributed by atoms with Crippen LogP contribution in [0.4, 0.5) is 4.39 Å². The third kappa shape index (κ3) is 2.10. The molecule has 0 N–H and O–H groups in total. The Hall–Kier alpha value is -3.15. The van der Waals surface area contributed by atoms with Gasteiger partial charge in [0.2, 0.25) is 0 Å². The largest absolute Gasteiger partial charge is 0.265 e. The number of fused-ring (bicyclic) bond motifs is 1. The molecule has 1 aromatic carbocycles. The molecule has 0 fully saturated rings. The van der Waals surface area contributed by atoms with E-state index < -0.39 is 0 Å². The minimum Gasteiger partial charge on any atom is -0.265 e. The molecule has 0 aliphatic heterocycles. The van der Waals surface area contributed by atoms with Gasteiger partial charge in [-0.1, -0.05) is 0 Å². The number of rotatable bonds is 2. The summed E-state index contributed by atoms with van der Waals surface area (Å²) >= 11 is 0. The highest BCUT2D eigenvalue weighted by atomic mass is 19.1. The van der Waals surface area contributed by atoms with Gasteiger partial charge in [0.05, 0.1) is 11.4 Å². The molecule has 4 aromatic rings. The summed E-state index contributed by atoms with van der Waals surface area (Å²) in [4.78, 5) is 12.7. The molecule has 0 aliphatic carbocycles. The van der Waals surface area contributed by atoms with Crippen molar-refractivity contribution >= 4 is 5.78 Å². The monoisotopic (exact) mass is 291 g/mol. The number of pyridine rings is 1. The number of benzene rings is 1. The zero-order valence-electron chi connectivity index (χ0n) is 11.4. The van der Waals surface area contributed by atoms with Gasteiger partial charge in [0.15, 0.2) is 0 Å². The third-order valence-corrected chi connectivity index (χ3v) is 3.37. The first-order valence-electron chi connectivity index (χ1n) is 6.68. The maximum Gasteiger partial charge on any atom is 0.253 e. The van der Waals surface area contributed by atoms with E-state index in [4.69, 9.17) is 0 Å². The highest BCUT2D eigenvalue weighted by Crippen LogP contribution is 2.25. The van der Waals surface area contributed by atoms with Crippen molar-refractivity contribution in [1.29, 1.82) is 0 Å². The fourth-order valence-corrected chi connectivity index (χ4v) is 2.31. The first-order valence-corrected chi connectivity index (χ1v) is 6.68. The highest BCUT2D eigenvalue weighted by molar-refractivity contribution is 5.70. The van der Waals surface area contributed by atoms with Crippen molar-refractivity contribution in [3.8, 4) is 22.5 Å². The molecule has 0 saturated heterocycles. The molecule has 0 bridgehead atoms. The van der Waals surface area contributed by atoms with Gasteiger partial charge in [-0.15, -0.1) is 0 Å². The van der Waals surface area contributed by atoms with E-state index in [9.17, 15) is 4.39 Å². The average Bonchev–Trinajstić information content (AvgIpc) is 3.04. The molecule has 0 saturated carbocycles. The van der Waals surface area contributed by atoms with Gasteiger partial charge in [0.1, 0.15) is 12.1 Å². The van der Waals surface area contributed by atoms with Crippen molar-refractivity contribution in [2.24, 2.45) is 0 Å². The lowest BCUT2D eigenvalue weighted by Crippen LogP contribution is -1.98. The van der Waals surface area contributed by atoms with Gasteiger partial charge in [-0.05, 0) is 42.5 Å². The lowest BCUT2D eigenvalue weighted by atomic mass is 10.1. The lowest BCUT2D eigenvalue weighted by Gasteiger charge is -2.07. The summed E-state index contributed by atoms with van der Waals surface area (Å²) in [5, 5.41) is 4.21. The van der Waals surface area contributed by atoms with E-state index in [1.165, 1.54) is 18.5 Å². The fraction of sp³-hybridized carbons (Fsp3) is 0. The van der Waals surface area contributed by atoms with Crippen molar-refractivity contribution in [3.05, 3.63) is 67.0 Å². The molecule has 106 valence electrons. The van der Waals surface area contributed by atoms with E-state index in [1.807, 2.05) is 18.2 Å². The molecule has 3 heterocycles. The average molecular weight is 291 g/mol. The molecular weight excluding hydrogens is 281 g/mol. The van der Waals surface area contributed by atoms with E-state index in [0.717, 1.165) is 16.8 Å². The molecule has 0 aliphatic rings. The molecule has 0 radical (unpaired) electrons. The summed E-state index contributed by atoms with van der Waals surface area (Å²) in [6.45, 7) is 0. The summed E-state index contributed by atoms with van der Waals surface area (Å²) in [6, 6.07) is 11.9. The molecule has 5 nitrogen and oxygen atoms in total. The van der Waals surface area contributed by atoms with Crippen LogP contribution in [0.1, 0.15) is 0 Å². The minimum atomic E-state index is -0.276. The molecule has 0 amide bonds. The van der Waals surface area contributed by atoms with Crippen LogP contribution in [0, 0.1) is 5.82 Å². The van der Waals surface area contributed by atoms with Crippen LogP contribution >= 0.6 is 0 Å². The predicted octanol–water partition coefficient (Wildman–Crippen LogP) is 2.99. The van der Waals surface area contributed by atoms with Crippen molar-refractivity contribution in [3.63, 3.8) is 0 Å². The molecule has 0 unspecified atom stereocenters. The Kier molecular flexibility index (Phi) is 2.86. The first kappa shape index (κ1) is 12.6. The summed E-state index contributed by atoms with van der Waals surface area (Å²) in [5.41, 5.74) is 3.34. The van der Waals surface area contributed by atoms with E-state index >= 15 is 0 Å². The Labute approximate surface area is 125 Å². The quantitative estimate of drug-likeness (QED) is 0.569. The SMILES string of the molecule is Fc1ccc(-c2cc(-c3ccncc3)n3ncnc3n2)cc1. The van der Waals surface area contributed by atoms with Gasteiger partial charge in [-0.3, -0.25) is 4.98 Å².